The number of hydrogen-bond acceptors (Lipinski definition) is 4. The summed E-state index contributed by atoms with van der Waals surface area (Å²) in [5, 5.41) is 0. The van der Waals surface area contributed by atoms with Crippen LogP contribution in [0.1, 0.15) is 31.4 Å². The summed E-state index contributed by atoms with van der Waals surface area (Å²) in [7, 11) is -2.17. The Morgan fingerprint density at radius 2 is 1.76 bits per heavy atom. The van der Waals surface area contributed by atoms with Crippen molar-refractivity contribution in [3.05, 3.63) is 23.3 Å². The van der Waals surface area contributed by atoms with Gasteiger partial charge in [-0.1, -0.05) is 19.9 Å². The molecule has 1 fully saturated rings. The second kappa shape index (κ2) is 7.74. The molecule has 0 aliphatic carbocycles. The Balaban J connectivity index is 2.19. The van der Waals surface area contributed by atoms with Crippen LogP contribution in [0.25, 0.3) is 0 Å². The zero-order valence-corrected chi connectivity index (χ0v) is 16.5. The van der Waals surface area contributed by atoms with Crippen LogP contribution < -0.4 is 4.74 Å². The summed E-state index contributed by atoms with van der Waals surface area (Å²) in [6.07, 6.45) is 0.498. The van der Waals surface area contributed by atoms with Gasteiger partial charge in [-0.2, -0.15) is 4.31 Å². The average Bonchev–Trinajstić information content (AvgIpc) is 2.53. The van der Waals surface area contributed by atoms with Crippen LogP contribution >= 0.6 is 0 Å². The summed E-state index contributed by atoms with van der Waals surface area (Å²) in [5.41, 5.74) is 1.68. The predicted octanol–water partition coefficient (Wildman–Crippen LogP) is 2.19. The molecule has 0 radical (unpaired) electrons. The van der Waals surface area contributed by atoms with Gasteiger partial charge >= 0.3 is 0 Å². The number of carbonyl (C=O) groups excluding carboxylic acids is 1. The normalized spacial score (nSPS) is 16.3. The fourth-order valence-corrected chi connectivity index (χ4v) is 4.90. The summed E-state index contributed by atoms with van der Waals surface area (Å²) in [5.74, 6) is 0.786. The summed E-state index contributed by atoms with van der Waals surface area (Å²) < 4.78 is 32.9. The maximum Gasteiger partial charge on any atom is 0.246 e. The molecular formula is C18H28N2O4S. The number of benzene rings is 1. The lowest BCUT2D eigenvalue weighted by molar-refractivity contribution is -0.133. The molecule has 7 heteroatoms. The van der Waals surface area contributed by atoms with E-state index in [0.717, 1.165) is 11.1 Å². The number of rotatable bonds is 5. The van der Waals surface area contributed by atoms with E-state index in [2.05, 4.69) is 0 Å². The van der Waals surface area contributed by atoms with Crippen molar-refractivity contribution >= 4 is 15.9 Å². The molecule has 1 aliphatic heterocycles. The van der Waals surface area contributed by atoms with Crippen LogP contribution in [0.3, 0.4) is 0 Å². The standard InChI is InChI=1S/C18H28N2O4S/c1-13(2)10-17(21)19-6-8-20(9-7-19)25(22,23)16-12-14(3)11-15(4)18(16)24-5/h11-13H,6-10H2,1-5H3. The van der Waals surface area contributed by atoms with Gasteiger partial charge in [-0.05, 0) is 37.0 Å². The van der Waals surface area contributed by atoms with Gasteiger partial charge in [0.2, 0.25) is 15.9 Å². The van der Waals surface area contributed by atoms with E-state index in [1.54, 1.807) is 11.0 Å². The van der Waals surface area contributed by atoms with Crippen molar-refractivity contribution in [3.63, 3.8) is 0 Å². The Morgan fingerprint density at radius 3 is 2.28 bits per heavy atom. The van der Waals surface area contributed by atoms with E-state index in [1.165, 1.54) is 11.4 Å². The van der Waals surface area contributed by atoms with Gasteiger partial charge in [0.15, 0.2) is 0 Å². The van der Waals surface area contributed by atoms with Gasteiger partial charge in [0, 0.05) is 32.6 Å². The molecule has 25 heavy (non-hydrogen) atoms. The van der Waals surface area contributed by atoms with Gasteiger partial charge in [-0.3, -0.25) is 4.79 Å². The number of hydrogen-bond donors (Lipinski definition) is 0. The number of sulfonamides is 1. The molecule has 2 rings (SSSR count). The number of aryl methyl sites for hydroxylation is 2. The van der Waals surface area contributed by atoms with E-state index >= 15 is 0 Å². The quantitative estimate of drug-likeness (QED) is 0.799. The molecule has 1 heterocycles. The highest BCUT2D eigenvalue weighted by atomic mass is 32.2. The molecule has 1 aliphatic rings. The zero-order valence-electron chi connectivity index (χ0n) is 15.7. The second-order valence-corrected chi connectivity index (χ2v) is 8.90. The smallest absolute Gasteiger partial charge is 0.246 e. The molecule has 1 amide bonds. The third-order valence-electron chi connectivity index (χ3n) is 4.38. The van der Waals surface area contributed by atoms with Gasteiger partial charge in [-0.15, -0.1) is 0 Å². The number of piperazine rings is 1. The minimum absolute atomic E-state index is 0.0935. The Hall–Kier alpha value is -1.60. The van der Waals surface area contributed by atoms with E-state index in [4.69, 9.17) is 4.74 Å². The lowest BCUT2D eigenvalue weighted by Crippen LogP contribution is -2.50. The molecule has 0 atom stereocenters. The molecular weight excluding hydrogens is 340 g/mol. The first-order chi connectivity index (χ1) is 11.7. The highest BCUT2D eigenvalue weighted by Gasteiger charge is 2.32. The Morgan fingerprint density at radius 1 is 1.16 bits per heavy atom. The average molecular weight is 368 g/mol. The SMILES string of the molecule is COc1c(C)cc(C)cc1S(=O)(=O)N1CCN(C(=O)CC(C)C)CC1. The highest BCUT2D eigenvalue weighted by molar-refractivity contribution is 7.89. The van der Waals surface area contributed by atoms with Crippen LogP contribution in [-0.2, 0) is 14.8 Å². The first-order valence-corrected chi connectivity index (χ1v) is 10.0. The number of carbonyl (C=O) groups is 1. The topological polar surface area (TPSA) is 66.9 Å². The Labute approximate surface area is 150 Å². The minimum atomic E-state index is -3.65. The molecule has 6 nitrogen and oxygen atoms in total. The predicted molar refractivity (Wildman–Crippen MR) is 97.3 cm³/mol. The third kappa shape index (κ3) is 4.33. The second-order valence-electron chi connectivity index (χ2n) is 7.00. The fourth-order valence-electron chi connectivity index (χ4n) is 3.16. The summed E-state index contributed by atoms with van der Waals surface area (Å²) >= 11 is 0. The molecule has 0 unspecified atom stereocenters. The van der Waals surface area contributed by atoms with E-state index < -0.39 is 10.0 Å². The van der Waals surface area contributed by atoms with Gasteiger partial charge < -0.3 is 9.64 Å². The maximum absolute atomic E-state index is 13.1. The maximum atomic E-state index is 13.1. The lowest BCUT2D eigenvalue weighted by Gasteiger charge is -2.34. The first kappa shape index (κ1) is 19.7. The highest BCUT2D eigenvalue weighted by Crippen LogP contribution is 2.31. The summed E-state index contributed by atoms with van der Waals surface area (Å²) in [4.78, 5) is 14.1. The van der Waals surface area contributed by atoms with Crippen LogP contribution in [0.15, 0.2) is 17.0 Å². The van der Waals surface area contributed by atoms with Crippen LogP contribution in [0.2, 0.25) is 0 Å². The fraction of sp³-hybridized carbons (Fsp3) is 0.611. The largest absolute Gasteiger partial charge is 0.495 e. The minimum Gasteiger partial charge on any atom is -0.495 e. The molecule has 0 saturated carbocycles. The van der Waals surface area contributed by atoms with Crippen molar-refractivity contribution in [2.75, 3.05) is 33.3 Å². The number of amides is 1. The first-order valence-electron chi connectivity index (χ1n) is 8.60. The Bertz CT molecular complexity index is 736. The molecule has 0 bridgehead atoms. The van der Waals surface area contributed by atoms with Gasteiger partial charge in [-0.25, -0.2) is 8.42 Å². The van der Waals surface area contributed by atoms with Crippen LogP contribution in [0, 0.1) is 19.8 Å². The molecule has 0 aromatic heterocycles. The van der Waals surface area contributed by atoms with Crippen LogP contribution in [0.4, 0.5) is 0 Å². The number of ether oxygens (including phenoxy) is 1. The van der Waals surface area contributed by atoms with Crippen molar-refractivity contribution < 1.29 is 17.9 Å². The molecule has 0 spiro atoms. The molecule has 1 aromatic rings. The lowest BCUT2D eigenvalue weighted by atomic mass is 10.1. The molecule has 0 N–H and O–H groups in total. The van der Waals surface area contributed by atoms with Crippen LogP contribution in [0.5, 0.6) is 5.75 Å². The zero-order chi connectivity index (χ0) is 18.8. The number of nitrogens with zero attached hydrogens (tertiary/aromatic N) is 2. The van der Waals surface area contributed by atoms with E-state index in [-0.39, 0.29) is 10.8 Å². The van der Waals surface area contributed by atoms with Gasteiger partial charge in [0.1, 0.15) is 10.6 Å². The van der Waals surface area contributed by atoms with Crippen molar-refractivity contribution in [3.8, 4) is 5.75 Å². The number of methoxy groups -OCH3 is 1. The molecule has 140 valence electrons. The van der Waals surface area contributed by atoms with Crippen molar-refractivity contribution in [2.24, 2.45) is 5.92 Å². The third-order valence-corrected chi connectivity index (χ3v) is 6.29. The van der Waals surface area contributed by atoms with Crippen molar-refractivity contribution in [2.45, 2.75) is 39.0 Å². The summed E-state index contributed by atoms with van der Waals surface area (Å²) in [6, 6.07) is 3.55. The van der Waals surface area contributed by atoms with Crippen LogP contribution in [-0.4, -0.2) is 56.8 Å². The Kier molecular flexibility index (Phi) is 6.11. The van der Waals surface area contributed by atoms with Gasteiger partial charge in [0.05, 0.1) is 7.11 Å². The van der Waals surface area contributed by atoms with E-state index in [1.807, 2.05) is 33.8 Å². The van der Waals surface area contributed by atoms with Gasteiger partial charge in [0.25, 0.3) is 0 Å². The van der Waals surface area contributed by atoms with Crippen molar-refractivity contribution in [1.29, 1.82) is 0 Å². The van der Waals surface area contributed by atoms with E-state index in [9.17, 15) is 13.2 Å². The van der Waals surface area contributed by atoms with Crippen molar-refractivity contribution in [1.82, 2.24) is 9.21 Å². The summed E-state index contributed by atoms with van der Waals surface area (Å²) in [6.45, 7) is 9.19. The monoisotopic (exact) mass is 368 g/mol. The van der Waals surface area contributed by atoms with E-state index in [0.29, 0.717) is 44.3 Å². The molecule has 1 aromatic carbocycles. The molecule has 1 saturated heterocycles.